The molecule has 3 aromatic rings. The Labute approximate surface area is 149 Å². The van der Waals surface area contributed by atoms with Crippen LogP contribution in [-0.4, -0.2) is 0 Å². The van der Waals surface area contributed by atoms with Crippen molar-refractivity contribution < 1.29 is 33.0 Å². The lowest BCUT2D eigenvalue weighted by Gasteiger charge is -1.99. The molecule has 3 rings (SSSR count). The van der Waals surface area contributed by atoms with Gasteiger partial charge in [-0.3, -0.25) is 4.79 Å². The first-order valence-electron chi connectivity index (χ1n) is 6.48. The van der Waals surface area contributed by atoms with Crippen LogP contribution in [0.2, 0.25) is 5.02 Å². The van der Waals surface area contributed by atoms with E-state index in [-0.39, 0.29) is 29.4 Å². The summed E-state index contributed by atoms with van der Waals surface area (Å²) in [6.45, 7) is 0. The van der Waals surface area contributed by atoms with Gasteiger partial charge in [-0.25, -0.2) is 4.57 Å². The maximum atomic E-state index is 12.4. The molecule has 112 valence electrons. The molecule has 0 amide bonds. The Hall–Kier alpha value is -1.66. The summed E-state index contributed by atoms with van der Waals surface area (Å²) in [6.07, 6.45) is 8.99. The Morgan fingerprint density at radius 1 is 1.14 bits per heavy atom. The first kappa shape index (κ1) is 16.7. The lowest BCUT2D eigenvalue weighted by Crippen LogP contribution is -3.00. The minimum absolute atomic E-state index is 0. The van der Waals surface area contributed by atoms with E-state index >= 15 is 0 Å². The van der Waals surface area contributed by atoms with Crippen LogP contribution >= 0.6 is 11.6 Å². The first-order chi connectivity index (χ1) is 10.1. The second-order valence-corrected chi connectivity index (χ2v) is 5.23. The van der Waals surface area contributed by atoms with Crippen molar-refractivity contribution in [1.82, 2.24) is 0 Å². The Morgan fingerprint density at radius 3 is 2.59 bits per heavy atom. The summed E-state index contributed by atoms with van der Waals surface area (Å²) in [4.78, 5) is 12.4. The third-order valence-corrected chi connectivity index (χ3v) is 3.46. The predicted molar refractivity (Wildman–Crippen MR) is 84.0 cm³/mol. The second-order valence-electron chi connectivity index (χ2n) is 4.79. The smallest absolute Gasteiger partial charge is 0.199 e. The quantitative estimate of drug-likeness (QED) is 0.441. The van der Waals surface area contributed by atoms with Crippen LogP contribution in [0, 0.1) is 0 Å². The highest BCUT2D eigenvalue weighted by Gasteiger charge is 2.05. The van der Waals surface area contributed by atoms with Gasteiger partial charge in [0.25, 0.3) is 0 Å². The second kappa shape index (κ2) is 7.07. The van der Waals surface area contributed by atoms with Gasteiger partial charge in [0.1, 0.15) is 18.9 Å². The summed E-state index contributed by atoms with van der Waals surface area (Å²) in [5.74, 6) is 0. The van der Waals surface area contributed by atoms with Crippen LogP contribution in [0.5, 0.6) is 0 Å². The highest BCUT2D eigenvalue weighted by molar-refractivity contribution is 6.31. The van der Waals surface area contributed by atoms with E-state index < -0.39 is 0 Å². The molecule has 3 nitrogen and oxygen atoms in total. The molecule has 0 aliphatic carbocycles. The fourth-order valence-electron chi connectivity index (χ4n) is 2.04. The van der Waals surface area contributed by atoms with E-state index in [1.165, 1.54) is 6.26 Å². The number of halogens is 2. The largest absolute Gasteiger partial charge is 1.00 e. The van der Waals surface area contributed by atoms with Crippen molar-refractivity contribution in [2.45, 2.75) is 0 Å². The average Bonchev–Trinajstić information content (AvgIpc) is 2.49. The van der Waals surface area contributed by atoms with E-state index in [9.17, 15) is 4.79 Å². The molecule has 0 fully saturated rings. The number of nitrogens with zero attached hydrogens (tertiary/aromatic N) is 1. The molecule has 0 atom stereocenters. The van der Waals surface area contributed by atoms with Crippen molar-refractivity contribution in [2.75, 3.05) is 0 Å². The van der Waals surface area contributed by atoms with Gasteiger partial charge in [0.2, 0.25) is 0 Å². The van der Waals surface area contributed by atoms with Crippen molar-refractivity contribution >= 4 is 34.7 Å². The van der Waals surface area contributed by atoms with Crippen molar-refractivity contribution in [3.8, 4) is 0 Å². The number of pyridine rings is 1. The van der Waals surface area contributed by atoms with Crippen molar-refractivity contribution in [3.63, 3.8) is 0 Å². The maximum absolute atomic E-state index is 12.4. The van der Waals surface area contributed by atoms with E-state index in [0.29, 0.717) is 21.6 Å². The third kappa shape index (κ3) is 3.56. The Bertz CT molecular complexity index is 885. The summed E-state index contributed by atoms with van der Waals surface area (Å²) in [5.41, 5.74) is 1.96. The lowest BCUT2D eigenvalue weighted by atomic mass is 10.1. The molecule has 0 unspecified atom stereocenters. The zero-order valence-electron chi connectivity index (χ0n) is 11.8. The van der Waals surface area contributed by atoms with Gasteiger partial charge in [-0.2, -0.15) is 0 Å². The van der Waals surface area contributed by atoms with E-state index in [2.05, 4.69) is 0 Å². The fraction of sp³-hybridized carbons (Fsp3) is 0.0588. The van der Waals surface area contributed by atoms with Gasteiger partial charge in [-0.15, -0.1) is 0 Å². The van der Waals surface area contributed by atoms with Gasteiger partial charge in [-0.05, 0) is 29.8 Å². The van der Waals surface area contributed by atoms with Crippen LogP contribution < -0.4 is 34.0 Å². The minimum atomic E-state index is -0.0866. The molecule has 0 bridgehead atoms. The maximum Gasteiger partial charge on any atom is 0.199 e. The number of aromatic nitrogens is 1. The first-order valence-corrected chi connectivity index (χ1v) is 6.86. The van der Waals surface area contributed by atoms with Gasteiger partial charge in [-0.1, -0.05) is 17.7 Å². The molecular formula is C17H13ClINO2. The molecule has 0 aliphatic heterocycles. The molecule has 0 spiro atoms. The standard InChI is InChI=1S/C17H13ClNO2.HI/c1-19-8-6-12(7-9-19)2-3-13-11-21-16-5-4-14(18)10-15(16)17(13)20;/h2-11H,1H3;1H/q+1;/p-1/b3-2+;. The molecular weight excluding hydrogens is 413 g/mol. The lowest BCUT2D eigenvalue weighted by molar-refractivity contribution is -0.671. The summed E-state index contributed by atoms with van der Waals surface area (Å²) in [5, 5.41) is 1.01. The van der Waals surface area contributed by atoms with E-state index in [1.807, 2.05) is 42.2 Å². The Morgan fingerprint density at radius 2 is 1.86 bits per heavy atom. The van der Waals surface area contributed by atoms with E-state index in [4.69, 9.17) is 16.0 Å². The van der Waals surface area contributed by atoms with Crippen LogP contribution in [0.3, 0.4) is 0 Å². The molecule has 2 heterocycles. The Balaban J connectivity index is 0.00000176. The summed E-state index contributed by atoms with van der Waals surface area (Å²) in [6, 6.07) is 8.96. The number of aryl methyl sites for hydroxylation is 1. The normalized spacial score (nSPS) is 10.8. The van der Waals surface area contributed by atoms with E-state index in [0.717, 1.165) is 5.56 Å². The molecule has 5 heteroatoms. The van der Waals surface area contributed by atoms with Crippen molar-refractivity contribution in [2.24, 2.45) is 7.05 Å². The van der Waals surface area contributed by atoms with Crippen LogP contribution in [0.15, 0.2) is 58.2 Å². The average molecular weight is 426 g/mol. The third-order valence-electron chi connectivity index (χ3n) is 3.22. The number of hydrogen-bond acceptors (Lipinski definition) is 2. The van der Waals surface area contributed by atoms with Crippen LogP contribution in [0.1, 0.15) is 11.1 Å². The molecule has 0 N–H and O–H groups in total. The fourth-order valence-corrected chi connectivity index (χ4v) is 2.22. The van der Waals surface area contributed by atoms with Gasteiger partial charge in [0, 0.05) is 17.2 Å². The zero-order valence-corrected chi connectivity index (χ0v) is 14.7. The summed E-state index contributed by atoms with van der Waals surface area (Å²) < 4.78 is 7.42. The summed E-state index contributed by atoms with van der Waals surface area (Å²) >= 11 is 5.93. The molecule has 0 saturated carbocycles. The predicted octanol–water partition coefficient (Wildman–Crippen LogP) is 0.445. The molecule has 0 aliphatic rings. The number of hydrogen-bond donors (Lipinski definition) is 0. The van der Waals surface area contributed by atoms with Gasteiger partial charge in [0.15, 0.2) is 17.8 Å². The minimum Gasteiger partial charge on any atom is -1.00 e. The Kier molecular flexibility index (Phi) is 5.37. The van der Waals surface area contributed by atoms with Crippen molar-refractivity contribution in [3.05, 3.63) is 75.4 Å². The monoisotopic (exact) mass is 425 g/mol. The summed E-state index contributed by atoms with van der Waals surface area (Å²) in [7, 11) is 1.95. The highest BCUT2D eigenvalue weighted by atomic mass is 127. The molecule has 22 heavy (non-hydrogen) atoms. The highest BCUT2D eigenvalue weighted by Crippen LogP contribution is 2.17. The number of rotatable bonds is 2. The van der Waals surface area contributed by atoms with Crippen molar-refractivity contribution in [1.29, 1.82) is 0 Å². The van der Waals surface area contributed by atoms with Gasteiger partial charge in [0.05, 0.1) is 10.9 Å². The van der Waals surface area contributed by atoms with Gasteiger partial charge < -0.3 is 28.4 Å². The van der Waals surface area contributed by atoms with E-state index in [1.54, 1.807) is 24.3 Å². The molecule has 0 saturated heterocycles. The molecule has 1 aromatic carbocycles. The van der Waals surface area contributed by atoms with Crippen LogP contribution in [0.4, 0.5) is 0 Å². The van der Waals surface area contributed by atoms with Gasteiger partial charge >= 0.3 is 0 Å². The molecule has 2 aromatic heterocycles. The number of benzene rings is 1. The van der Waals surface area contributed by atoms with Crippen LogP contribution in [-0.2, 0) is 7.05 Å². The number of fused-ring (bicyclic) bond motifs is 1. The SMILES string of the molecule is C[n+]1ccc(/C=C/c2coc3ccc(Cl)cc3c2=O)cc1.[I-]. The topological polar surface area (TPSA) is 34.1 Å². The molecule has 0 radical (unpaired) electrons. The zero-order chi connectivity index (χ0) is 14.8. The van der Waals surface area contributed by atoms with Crippen LogP contribution in [0.25, 0.3) is 23.1 Å².